The Balaban J connectivity index is 1.69. The third-order valence-electron chi connectivity index (χ3n) is 6.84. The van der Waals surface area contributed by atoms with E-state index in [4.69, 9.17) is 10.7 Å². The first-order valence-electron chi connectivity index (χ1n) is 11.9. The van der Waals surface area contributed by atoms with E-state index in [1.165, 1.54) is 6.20 Å². The number of rotatable bonds is 6. The molecule has 3 aromatic heterocycles. The summed E-state index contributed by atoms with van der Waals surface area (Å²) in [7, 11) is 0. The molecule has 0 saturated heterocycles. The van der Waals surface area contributed by atoms with Crippen LogP contribution >= 0.6 is 11.3 Å². The van der Waals surface area contributed by atoms with Gasteiger partial charge < -0.3 is 10.8 Å². The van der Waals surface area contributed by atoms with Crippen molar-refractivity contribution in [3.63, 3.8) is 0 Å². The fourth-order valence-electron chi connectivity index (χ4n) is 4.70. The number of nitrogens with zero attached hydrogens (tertiary/aromatic N) is 5. The molecule has 0 saturated carbocycles. The van der Waals surface area contributed by atoms with E-state index in [2.05, 4.69) is 29.0 Å². The van der Waals surface area contributed by atoms with Crippen LogP contribution in [0.3, 0.4) is 0 Å². The van der Waals surface area contributed by atoms with Crippen molar-refractivity contribution in [2.24, 2.45) is 16.6 Å². The van der Waals surface area contributed by atoms with Crippen LogP contribution in [0.1, 0.15) is 63.0 Å². The van der Waals surface area contributed by atoms with Crippen LogP contribution in [0.2, 0.25) is 0 Å². The van der Waals surface area contributed by atoms with Gasteiger partial charge in [0.05, 0.1) is 17.2 Å². The van der Waals surface area contributed by atoms with Crippen LogP contribution in [0, 0.1) is 26.7 Å². The largest absolute Gasteiger partial charge is 0.481 e. The normalized spacial score (nSPS) is 15.4. The molecule has 10 heteroatoms. The Morgan fingerprint density at radius 3 is 2.43 bits per heavy atom. The molecule has 0 radical (unpaired) electrons. The monoisotopic (exact) mass is 514 g/mol. The number of hydrogen-bond donors (Lipinski definition) is 2. The predicted molar refractivity (Wildman–Crippen MR) is 141 cm³/mol. The number of pyridine rings is 1. The topological polar surface area (TPSA) is 136 Å². The average Bonchev–Trinajstić information content (AvgIpc) is 3.35. The van der Waals surface area contributed by atoms with Crippen LogP contribution in [0.25, 0.3) is 16.1 Å². The summed E-state index contributed by atoms with van der Waals surface area (Å²) in [5.74, 6) is -0.980. The number of thiophene rings is 1. The van der Waals surface area contributed by atoms with Crippen LogP contribution < -0.4 is 5.73 Å². The number of aliphatic imine (C=N–C) groups is 1. The van der Waals surface area contributed by atoms with E-state index in [1.807, 2.05) is 42.7 Å². The summed E-state index contributed by atoms with van der Waals surface area (Å²) >= 11 is 1.63. The summed E-state index contributed by atoms with van der Waals surface area (Å²) in [5.41, 5.74) is 11.0. The van der Waals surface area contributed by atoms with Gasteiger partial charge in [-0.15, -0.1) is 21.5 Å². The summed E-state index contributed by atoms with van der Waals surface area (Å²) in [6.07, 6.45) is 3.52. The van der Waals surface area contributed by atoms with Gasteiger partial charge in [-0.05, 0) is 44.4 Å². The Morgan fingerprint density at radius 1 is 1.08 bits per heavy atom. The molecular formula is C27H26N6O3S. The Hall–Kier alpha value is -4.18. The number of nitrogens with two attached hydrogens (primary N) is 1. The molecule has 1 amide bonds. The molecule has 1 aliphatic heterocycles. The molecule has 2 atom stereocenters. The fraction of sp³-hybridized carbons (Fsp3) is 0.259. The summed E-state index contributed by atoms with van der Waals surface area (Å²) in [5, 5.41) is 19.7. The summed E-state index contributed by atoms with van der Waals surface area (Å²) in [6.45, 7) is 7.85. The van der Waals surface area contributed by atoms with Gasteiger partial charge in [0.2, 0.25) is 5.91 Å². The minimum atomic E-state index is -0.918. The van der Waals surface area contributed by atoms with Gasteiger partial charge in [-0.1, -0.05) is 31.2 Å². The molecule has 5 rings (SSSR count). The zero-order valence-electron chi connectivity index (χ0n) is 20.9. The molecule has 4 aromatic rings. The summed E-state index contributed by atoms with van der Waals surface area (Å²) < 4.78 is 1.96. The molecule has 0 spiro atoms. The van der Waals surface area contributed by atoms with Crippen molar-refractivity contribution >= 4 is 28.9 Å². The molecule has 3 N–H and O–H groups in total. The maximum atomic E-state index is 12.2. The second-order valence-electron chi connectivity index (χ2n) is 9.08. The van der Waals surface area contributed by atoms with Crippen molar-refractivity contribution in [2.45, 2.75) is 40.2 Å². The highest BCUT2D eigenvalue weighted by molar-refractivity contribution is 7.15. The molecule has 1 aliphatic rings. The van der Waals surface area contributed by atoms with Gasteiger partial charge in [0.25, 0.3) is 0 Å². The average molecular weight is 515 g/mol. The lowest BCUT2D eigenvalue weighted by atomic mass is 9.95. The maximum absolute atomic E-state index is 12.2. The molecule has 37 heavy (non-hydrogen) atoms. The molecule has 0 bridgehead atoms. The number of hydrogen-bond acceptors (Lipinski definition) is 7. The van der Waals surface area contributed by atoms with Crippen LogP contribution in [0.4, 0.5) is 0 Å². The molecule has 9 nitrogen and oxygen atoms in total. The number of carboxylic acids is 1. The zero-order chi connectivity index (χ0) is 26.4. The molecule has 1 unspecified atom stereocenters. The fourth-order valence-corrected chi connectivity index (χ4v) is 5.92. The van der Waals surface area contributed by atoms with Crippen molar-refractivity contribution < 1.29 is 14.7 Å². The lowest BCUT2D eigenvalue weighted by Gasteiger charge is -2.19. The quantitative estimate of drug-likeness (QED) is 0.391. The summed E-state index contributed by atoms with van der Waals surface area (Å²) in [4.78, 5) is 34.2. The number of carboxylic acid groups (broad SMARTS) is 1. The van der Waals surface area contributed by atoms with Gasteiger partial charge >= 0.3 is 5.97 Å². The van der Waals surface area contributed by atoms with Crippen LogP contribution in [-0.2, 0) is 4.79 Å². The van der Waals surface area contributed by atoms with E-state index in [9.17, 15) is 14.7 Å². The molecular weight excluding hydrogens is 488 g/mol. The van der Waals surface area contributed by atoms with Crippen LogP contribution in [0.5, 0.6) is 0 Å². The third kappa shape index (κ3) is 4.13. The Morgan fingerprint density at radius 2 is 1.78 bits per heavy atom. The standard InChI is InChI=1S/C27H26N6O3S/c1-5-20(27(35)36)23-25-32-31-15(4)33(25)26-21(13(2)14(3)37-26)22(30-23)17-8-6-16(7-9-17)18-10-19(24(28)34)12-29-11-18/h6-12,20,23H,5H2,1-4H3,(H2,28,34)(H,35,36)/t20-,23?/m0/s1. The number of aryl methyl sites for hydroxylation is 2. The zero-order valence-corrected chi connectivity index (χ0v) is 21.7. The first-order valence-corrected chi connectivity index (χ1v) is 12.7. The second-order valence-corrected chi connectivity index (χ2v) is 10.3. The summed E-state index contributed by atoms with van der Waals surface area (Å²) in [6, 6.07) is 8.80. The Kier molecular flexibility index (Phi) is 6.20. The lowest BCUT2D eigenvalue weighted by molar-refractivity contribution is -0.142. The number of carbonyl (C=O) groups is 2. The molecule has 188 valence electrons. The van der Waals surface area contributed by atoms with E-state index in [-0.39, 0.29) is 0 Å². The van der Waals surface area contributed by atoms with Gasteiger partial charge in [-0.25, -0.2) is 0 Å². The van der Waals surface area contributed by atoms with Crippen molar-refractivity contribution in [3.8, 4) is 16.1 Å². The van der Waals surface area contributed by atoms with E-state index in [1.54, 1.807) is 23.6 Å². The van der Waals surface area contributed by atoms with Gasteiger partial charge in [-0.2, -0.15) is 0 Å². The minimum absolute atomic E-state index is 0.337. The minimum Gasteiger partial charge on any atom is -0.481 e. The molecule has 0 aliphatic carbocycles. The molecule has 1 aromatic carbocycles. The van der Waals surface area contributed by atoms with Gasteiger partial charge in [0.15, 0.2) is 5.82 Å². The maximum Gasteiger partial charge on any atom is 0.309 e. The Bertz CT molecular complexity index is 1570. The van der Waals surface area contributed by atoms with Crippen LogP contribution in [0.15, 0.2) is 47.7 Å². The lowest BCUT2D eigenvalue weighted by Crippen LogP contribution is -2.23. The van der Waals surface area contributed by atoms with E-state index >= 15 is 0 Å². The molecule has 0 fully saturated rings. The van der Waals surface area contributed by atoms with E-state index in [0.717, 1.165) is 43.4 Å². The predicted octanol–water partition coefficient (Wildman–Crippen LogP) is 4.42. The first-order chi connectivity index (χ1) is 17.7. The number of amides is 1. The second kappa shape index (κ2) is 9.36. The van der Waals surface area contributed by atoms with Crippen molar-refractivity contribution in [2.75, 3.05) is 0 Å². The highest BCUT2D eigenvalue weighted by Gasteiger charge is 2.37. The first kappa shape index (κ1) is 24.5. The highest BCUT2D eigenvalue weighted by Crippen LogP contribution is 2.41. The van der Waals surface area contributed by atoms with Crippen molar-refractivity contribution in [1.29, 1.82) is 0 Å². The number of aromatic nitrogens is 4. The van der Waals surface area contributed by atoms with Gasteiger partial charge in [0, 0.05) is 34.0 Å². The van der Waals surface area contributed by atoms with Crippen molar-refractivity contribution in [3.05, 3.63) is 81.5 Å². The highest BCUT2D eigenvalue weighted by atomic mass is 32.1. The van der Waals surface area contributed by atoms with Gasteiger partial charge in [0.1, 0.15) is 16.9 Å². The molecule has 4 heterocycles. The number of carbonyl (C=O) groups excluding carboxylic acids is 1. The van der Waals surface area contributed by atoms with Crippen LogP contribution in [-0.4, -0.2) is 42.4 Å². The third-order valence-corrected chi connectivity index (χ3v) is 8.03. The number of aliphatic carboxylic acids is 1. The van der Waals surface area contributed by atoms with E-state index in [0.29, 0.717) is 23.6 Å². The Labute approximate surface area is 217 Å². The number of benzene rings is 1. The van der Waals surface area contributed by atoms with Crippen molar-refractivity contribution in [1.82, 2.24) is 19.7 Å². The SMILES string of the molecule is CC[C@H](C(=O)O)C1N=C(c2ccc(-c3cncc(C(N)=O)c3)cc2)c2c(sc(C)c2C)-n2c(C)nnc21. The number of fused-ring (bicyclic) bond motifs is 3. The van der Waals surface area contributed by atoms with E-state index < -0.39 is 23.8 Å². The number of primary amides is 1. The van der Waals surface area contributed by atoms with Gasteiger partial charge in [-0.3, -0.25) is 24.1 Å². The smallest absolute Gasteiger partial charge is 0.309 e.